The van der Waals surface area contributed by atoms with Crippen molar-refractivity contribution in [3.8, 4) is 0 Å². The molecule has 0 radical (unpaired) electrons. The first-order valence-corrected chi connectivity index (χ1v) is 7.08. The number of nitrogen functional groups attached to an aromatic ring is 1. The minimum atomic E-state index is 0.745. The second-order valence-electron chi connectivity index (χ2n) is 5.76. The van der Waals surface area contributed by atoms with E-state index in [2.05, 4.69) is 44.7 Å². The highest BCUT2D eigenvalue weighted by atomic mass is 15.1. The van der Waals surface area contributed by atoms with Crippen molar-refractivity contribution in [3.63, 3.8) is 0 Å². The summed E-state index contributed by atoms with van der Waals surface area (Å²) in [4.78, 5) is 2.48. The first-order valence-electron chi connectivity index (χ1n) is 7.08. The van der Waals surface area contributed by atoms with Crippen molar-refractivity contribution in [3.05, 3.63) is 29.8 Å². The van der Waals surface area contributed by atoms with Gasteiger partial charge >= 0.3 is 0 Å². The maximum atomic E-state index is 6.01. The second kappa shape index (κ2) is 7.42. The molecule has 0 aliphatic carbocycles. The summed E-state index contributed by atoms with van der Waals surface area (Å²) in [5, 5.41) is 0. The molecular formula is C16H28N2. The van der Waals surface area contributed by atoms with Crippen LogP contribution in [0.2, 0.25) is 0 Å². The fourth-order valence-corrected chi connectivity index (χ4v) is 2.54. The fraction of sp³-hybridized carbons (Fsp3) is 0.625. The monoisotopic (exact) mass is 248 g/mol. The summed E-state index contributed by atoms with van der Waals surface area (Å²) in [7, 11) is 0. The van der Waals surface area contributed by atoms with Gasteiger partial charge in [0.1, 0.15) is 0 Å². The molecule has 1 rings (SSSR count). The molecule has 1 aromatic rings. The summed E-state index contributed by atoms with van der Waals surface area (Å²) < 4.78 is 0. The Kier molecular flexibility index (Phi) is 6.20. The van der Waals surface area contributed by atoms with Crippen LogP contribution in [0.15, 0.2) is 24.3 Å². The van der Waals surface area contributed by atoms with Crippen LogP contribution in [0.3, 0.4) is 0 Å². The molecule has 0 saturated carbocycles. The van der Waals surface area contributed by atoms with Gasteiger partial charge in [0.15, 0.2) is 0 Å². The molecule has 1 aromatic carbocycles. The largest absolute Gasteiger partial charge is 0.398 e. The van der Waals surface area contributed by atoms with Gasteiger partial charge in [-0.3, -0.25) is 4.90 Å². The van der Waals surface area contributed by atoms with Crippen LogP contribution in [0.4, 0.5) is 5.69 Å². The zero-order valence-corrected chi connectivity index (χ0v) is 12.3. The highest BCUT2D eigenvalue weighted by Crippen LogP contribution is 2.17. The lowest BCUT2D eigenvalue weighted by molar-refractivity contribution is 0.226. The molecule has 1 atom stereocenters. The van der Waals surface area contributed by atoms with Crippen LogP contribution in [-0.2, 0) is 6.54 Å². The molecule has 0 saturated heterocycles. The van der Waals surface area contributed by atoms with Crippen LogP contribution in [0.1, 0.15) is 39.7 Å². The summed E-state index contributed by atoms with van der Waals surface area (Å²) in [6.07, 6.45) is 1.29. The minimum Gasteiger partial charge on any atom is -0.398 e. The van der Waals surface area contributed by atoms with Gasteiger partial charge in [0.2, 0.25) is 0 Å². The molecule has 0 aromatic heterocycles. The number of hydrogen-bond donors (Lipinski definition) is 1. The van der Waals surface area contributed by atoms with Crippen molar-refractivity contribution in [2.45, 2.75) is 40.7 Å². The summed E-state index contributed by atoms with van der Waals surface area (Å²) in [5.74, 6) is 1.52. The van der Waals surface area contributed by atoms with E-state index in [4.69, 9.17) is 5.73 Å². The van der Waals surface area contributed by atoms with Crippen molar-refractivity contribution in [2.75, 3.05) is 18.8 Å². The molecule has 2 N–H and O–H groups in total. The van der Waals surface area contributed by atoms with E-state index in [-0.39, 0.29) is 0 Å². The Morgan fingerprint density at radius 1 is 1.17 bits per heavy atom. The van der Waals surface area contributed by atoms with E-state index in [1.807, 2.05) is 12.1 Å². The van der Waals surface area contributed by atoms with Crippen molar-refractivity contribution < 1.29 is 0 Å². The third kappa shape index (κ3) is 5.09. The predicted octanol–water partition coefficient (Wildman–Crippen LogP) is 3.77. The van der Waals surface area contributed by atoms with Crippen LogP contribution in [0, 0.1) is 11.8 Å². The summed E-state index contributed by atoms with van der Waals surface area (Å²) in [5.41, 5.74) is 8.16. The van der Waals surface area contributed by atoms with Crippen LogP contribution in [-0.4, -0.2) is 18.0 Å². The van der Waals surface area contributed by atoms with Crippen LogP contribution >= 0.6 is 0 Å². The molecule has 1 unspecified atom stereocenters. The van der Waals surface area contributed by atoms with Crippen LogP contribution < -0.4 is 5.73 Å². The third-order valence-electron chi connectivity index (χ3n) is 3.34. The average molecular weight is 248 g/mol. The Morgan fingerprint density at radius 3 is 2.39 bits per heavy atom. The molecule has 2 heteroatoms. The number of anilines is 1. The lowest BCUT2D eigenvalue weighted by Crippen LogP contribution is -2.29. The fourth-order valence-electron chi connectivity index (χ4n) is 2.54. The molecule has 18 heavy (non-hydrogen) atoms. The van der Waals surface area contributed by atoms with Crippen molar-refractivity contribution in [1.29, 1.82) is 0 Å². The normalized spacial score (nSPS) is 13.2. The average Bonchev–Trinajstić information content (AvgIpc) is 2.30. The number of hydrogen-bond acceptors (Lipinski definition) is 2. The number of nitrogens with zero attached hydrogens (tertiary/aromatic N) is 1. The summed E-state index contributed by atoms with van der Waals surface area (Å²) in [6, 6.07) is 8.18. The van der Waals surface area contributed by atoms with Crippen molar-refractivity contribution in [1.82, 2.24) is 4.90 Å². The highest BCUT2D eigenvalue weighted by Gasteiger charge is 2.11. The lowest BCUT2D eigenvalue weighted by Gasteiger charge is -2.25. The van der Waals surface area contributed by atoms with Gasteiger partial charge in [0, 0.05) is 18.8 Å². The summed E-state index contributed by atoms with van der Waals surface area (Å²) in [6.45, 7) is 12.4. The topological polar surface area (TPSA) is 29.3 Å². The Hall–Kier alpha value is -1.02. The Balaban J connectivity index is 2.54. The quantitative estimate of drug-likeness (QED) is 0.744. The van der Waals surface area contributed by atoms with E-state index in [0.29, 0.717) is 0 Å². The Labute approximate surface area is 112 Å². The second-order valence-corrected chi connectivity index (χ2v) is 5.76. The number of nitrogens with two attached hydrogens (primary N) is 1. The Morgan fingerprint density at radius 2 is 1.83 bits per heavy atom. The molecular weight excluding hydrogens is 220 g/mol. The molecule has 102 valence electrons. The van der Waals surface area contributed by atoms with E-state index in [1.54, 1.807) is 0 Å². The van der Waals surface area contributed by atoms with E-state index in [9.17, 15) is 0 Å². The van der Waals surface area contributed by atoms with Crippen LogP contribution in [0.25, 0.3) is 0 Å². The summed E-state index contributed by atoms with van der Waals surface area (Å²) >= 11 is 0. The molecule has 0 spiro atoms. The first-order chi connectivity index (χ1) is 8.52. The first kappa shape index (κ1) is 15.0. The minimum absolute atomic E-state index is 0.745. The van der Waals surface area contributed by atoms with E-state index >= 15 is 0 Å². The molecule has 0 aliphatic rings. The van der Waals surface area contributed by atoms with Crippen molar-refractivity contribution in [2.24, 2.45) is 11.8 Å². The van der Waals surface area contributed by atoms with Gasteiger partial charge in [-0.25, -0.2) is 0 Å². The van der Waals surface area contributed by atoms with Gasteiger partial charge in [0.05, 0.1) is 0 Å². The highest BCUT2D eigenvalue weighted by molar-refractivity contribution is 5.46. The lowest BCUT2D eigenvalue weighted by atomic mass is 9.98. The SMILES string of the molecule is CCN(Cc1ccccc1N)CC(C)CC(C)C. The molecule has 0 bridgehead atoms. The van der Waals surface area contributed by atoms with Crippen LogP contribution in [0.5, 0.6) is 0 Å². The van der Waals surface area contributed by atoms with Gasteiger partial charge in [-0.05, 0) is 36.4 Å². The molecule has 0 fully saturated rings. The van der Waals surface area contributed by atoms with E-state index in [1.165, 1.54) is 12.0 Å². The maximum Gasteiger partial charge on any atom is 0.0359 e. The third-order valence-corrected chi connectivity index (χ3v) is 3.34. The molecule has 0 amide bonds. The molecule has 2 nitrogen and oxygen atoms in total. The maximum absolute atomic E-state index is 6.01. The smallest absolute Gasteiger partial charge is 0.0359 e. The van der Waals surface area contributed by atoms with Crippen molar-refractivity contribution >= 4 is 5.69 Å². The van der Waals surface area contributed by atoms with E-state index in [0.717, 1.165) is 37.2 Å². The zero-order chi connectivity index (χ0) is 13.5. The van der Waals surface area contributed by atoms with Gasteiger partial charge in [-0.15, -0.1) is 0 Å². The number of rotatable bonds is 7. The van der Waals surface area contributed by atoms with Gasteiger partial charge in [-0.2, -0.15) is 0 Å². The molecule has 0 heterocycles. The number of benzene rings is 1. The van der Waals surface area contributed by atoms with E-state index < -0.39 is 0 Å². The predicted molar refractivity (Wildman–Crippen MR) is 80.4 cm³/mol. The van der Waals surface area contributed by atoms with Gasteiger partial charge < -0.3 is 5.73 Å². The standard InChI is InChI=1S/C16H28N2/c1-5-18(11-14(4)10-13(2)3)12-15-8-6-7-9-16(15)17/h6-9,13-14H,5,10-12,17H2,1-4H3. The Bertz CT molecular complexity index is 347. The number of para-hydroxylation sites is 1. The zero-order valence-electron chi connectivity index (χ0n) is 12.3. The molecule has 0 aliphatic heterocycles. The van der Waals surface area contributed by atoms with Gasteiger partial charge in [0.25, 0.3) is 0 Å². The van der Waals surface area contributed by atoms with Gasteiger partial charge in [-0.1, -0.05) is 45.9 Å².